The number of nitro benzene ring substituents is 1. The molecule has 144 valence electrons. The number of anilines is 2. The van der Waals surface area contributed by atoms with Gasteiger partial charge < -0.3 is 5.32 Å². The van der Waals surface area contributed by atoms with Gasteiger partial charge in [-0.25, -0.2) is 9.97 Å². The van der Waals surface area contributed by atoms with Crippen LogP contribution in [0.25, 0.3) is 22.2 Å². The molecule has 1 heterocycles. The first-order chi connectivity index (χ1) is 14.0. The third-order valence-corrected chi connectivity index (χ3v) is 4.86. The number of halogens is 1. The van der Waals surface area contributed by atoms with Crippen LogP contribution in [0.5, 0.6) is 0 Å². The lowest BCUT2D eigenvalue weighted by molar-refractivity contribution is -0.384. The van der Waals surface area contributed by atoms with Gasteiger partial charge in [0.1, 0.15) is 0 Å². The van der Waals surface area contributed by atoms with Gasteiger partial charge in [0.15, 0.2) is 0 Å². The number of fused-ring (bicyclic) bond motifs is 1. The number of nitrogens with zero attached hydrogens (tertiary/aromatic N) is 3. The number of hydrogen-bond donors (Lipinski definition) is 1. The Morgan fingerprint density at radius 3 is 2.38 bits per heavy atom. The fraction of sp³-hybridized carbons (Fsp3) is 0.0909. The maximum absolute atomic E-state index is 10.8. The normalized spacial score (nSPS) is 10.8. The summed E-state index contributed by atoms with van der Waals surface area (Å²) in [6.07, 6.45) is 0.962. The maximum Gasteiger partial charge on any atom is 0.269 e. The summed E-state index contributed by atoms with van der Waals surface area (Å²) in [5.41, 5.74) is 4.42. The van der Waals surface area contributed by atoms with E-state index in [1.54, 1.807) is 18.2 Å². The Balaban J connectivity index is 1.78. The first-order valence-electron chi connectivity index (χ1n) is 9.11. The van der Waals surface area contributed by atoms with Crippen molar-refractivity contribution in [1.82, 2.24) is 9.97 Å². The smallest absolute Gasteiger partial charge is 0.269 e. The topological polar surface area (TPSA) is 81.0 Å². The van der Waals surface area contributed by atoms with Gasteiger partial charge in [-0.1, -0.05) is 42.8 Å². The minimum atomic E-state index is -0.432. The van der Waals surface area contributed by atoms with Gasteiger partial charge in [-0.15, -0.1) is 0 Å². The van der Waals surface area contributed by atoms with Crippen LogP contribution in [0.4, 0.5) is 17.3 Å². The van der Waals surface area contributed by atoms with Gasteiger partial charge in [-0.3, -0.25) is 10.1 Å². The van der Waals surface area contributed by atoms with Crippen LogP contribution in [0.2, 0.25) is 5.02 Å². The van der Waals surface area contributed by atoms with Crippen LogP contribution in [0.3, 0.4) is 0 Å². The molecule has 0 aliphatic heterocycles. The Hall–Kier alpha value is -3.51. The van der Waals surface area contributed by atoms with E-state index in [2.05, 4.69) is 29.4 Å². The average molecular weight is 405 g/mol. The molecule has 0 aliphatic rings. The number of rotatable bonds is 5. The Labute approximate surface area is 172 Å². The summed E-state index contributed by atoms with van der Waals surface area (Å²) in [5, 5.41) is 15.4. The van der Waals surface area contributed by atoms with Crippen LogP contribution in [0.15, 0.2) is 66.7 Å². The van der Waals surface area contributed by atoms with Crippen molar-refractivity contribution in [2.24, 2.45) is 0 Å². The lowest BCUT2D eigenvalue weighted by Gasteiger charge is -2.11. The highest BCUT2D eigenvalue weighted by atomic mass is 35.5. The molecular formula is C22H17ClN4O2. The van der Waals surface area contributed by atoms with Crippen molar-refractivity contribution in [1.29, 1.82) is 0 Å². The summed E-state index contributed by atoms with van der Waals surface area (Å²) < 4.78 is 0. The van der Waals surface area contributed by atoms with Gasteiger partial charge in [-0.2, -0.15) is 0 Å². The summed E-state index contributed by atoms with van der Waals surface area (Å²) in [6, 6.07) is 19.9. The second-order valence-corrected chi connectivity index (χ2v) is 6.97. The number of hydrogen-bond acceptors (Lipinski definition) is 5. The molecule has 0 unspecified atom stereocenters. The van der Waals surface area contributed by atoms with E-state index in [9.17, 15) is 10.1 Å². The first kappa shape index (κ1) is 18.8. The summed E-state index contributed by atoms with van der Waals surface area (Å²) >= 11 is 6.21. The third kappa shape index (κ3) is 4.02. The molecule has 29 heavy (non-hydrogen) atoms. The number of benzene rings is 3. The fourth-order valence-corrected chi connectivity index (χ4v) is 3.24. The van der Waals surface area contributed by atoms with E-state index in [0.717, 1.165) is 28.6 Å². The highest BCUT2D eigenvalue weighted by Crippen LogP contribution is 2.30. The molecule has 0 saturated carbocycles. The number of aromatic nitrogens is 2. The van der Waals surface area contributed by atoms with E-state index in [1.165, 1.54) is 17.7 Å². The Kier molecular flexibility index (Phi) is 5.10. The van der Waals surface area contributed by atoms with Gasteiger partial charge in [0.25, 0.3) is 5.69 Å². The number of nitro groups is 1. The molecular weight excluding hydrogens is 388 g/mol. The second kappa shape index (κ2) is 7.85. The molecule has 0 atom stereocenters. The third-order valence-electron chi connectivity index (χ3n) is 4.63. The van der Waals surface area contributed by atoms with Gasteiger partial charge >= 0.3 is 0 Å². The zero-order valence-electron chi connectivity index (χ0n) is 15.6. The molecule has 0 amide bonds. The molecule has 0 fully saturated rings. The Morgan fingerprint density at radius 1 is 1.00 bits per heavy atom. The SMILES string of the molecule is CCc1ccc(-c2nc(Nc3ccc([N+](=O)[O-])cc3)nc3ccc(Cl)cc23)cc1. The van der Waals surface area contributed by atoms with Crippen LogP contribution >= 0.6 is 11.6 Å². The van der Waals surface area contributed by atoms with E-state index in [-0.39, 0.29) is 5.69 Å². The second-order valence-electron chi connectivity index (χ2n) is 6.54. The molecule has 3 aromatic carbocycles. The van der Waals surface area contributed by atoms with Crippen molar-refractivity contribution in [2.45, 2.75) is 13.3 Å². The first-order valence-corrected chi connectivity index (χ1v) is 9.49. The molecule has 0 bridgehead atoms. The van der Waals surface area contributed by atoms with Gasteiger partial charge in [0.2, 0.25) is 5.95 Å². The minimum Gasteiger partial charge on any atom is -0.324 e. The van der Waals surface area contributed by atoms with E-state index in [1.807, 2.05) is 24.3 Å². The molecule has 0 spiro atoms. The predicted molar refractivity (Wildman–Crippen MR) is 116 cm³/mol. The van der Waals surface area contributed by atoms with E-state index >= 15 is 0 Å². The largest absolute Gasteiger partial charge is 0.324 e. The Morgan fingerprint density at radius 2 is 1.72 bits per heavy atom. The Bertz CT molecular complexity index is 1190. The zero-order chi connectivity index (χ0) is 20.4. The van der Waals surface area contributed by atoms with Crippen LogP contribution in [-0.4, -0.2) is 14.9 Å². The van der Waals surface area contributed by atoms with E-state index in [0.29, 0.717) is 16.7 Å². The number of aryl methyl sites for hydroxylation is 1. The van der Waals surface area contributed by atoms with Gasteiger partial charge in [-0.05, 0) is 42.3 Å². The summed E-state index contributed by atoms with van der Waals surface area (Å²) in [5.74, 6) is 0.406. The predicted octanol–water partition coefficient (Wildman–Crippen LogP) is 6.16. The van der Waals surface area contributed by atoms with Gasteiger partial charge in [0.05, 0.1) is 16.1 Å². The monoisotopic (exact) mass is 404 g/mol. The lowest BCUT2D eigenvalue weighted by Crippen LogP contribution is -2.00. The van der Waals surface area contributed by atoms with Crippen molar-refractivity contribution in [3.63, 3.8) is 0 Å². The summed E-state index contributed by atoms with van der Waals surface area (Å²) in [6.45, 7) is 2.11. The highest BCUT2D eigenvalue weighted by molar-refractivity contribution is 6.31. The fourth-order valence-electron chi connectivity index (χ4n) is 3.07. The number of non-ortho nitro benzene ring substituents is 1. The molecule has 6 nitrogen and oxygen atoms in total. The van der Waals surface area contributed by atoms with Crippen LogP contribution in [0.1, 0.15) is 12.5 Å². The zero-order valence-corrected chi connectivity index (χ0v) is 16.3. The van der Waals surface area contributed by atoms with Crippen LogP contribution in [0, 0.1) is 10.1 Å². The van der Waals surface area contributed by atoms with E-state index < -0.39 is 4.92 Å². The molecule has 4 rings (SSSR count). The molecule has 7 heteroatoms. The molecule has 0 saturated heterocycles. The van der Waals surface area contributed by atoms with Crippen molar-refractivity contribution in [3.05, 3.63) is 87.4 Å². The molecule has 0 radical (unpaired) electrons. The van der Waals surface area contributed by atoms with Crippen molar-refractivity contribution < 1.29 is 4.92 Å². The highest BCUT2D eigenvalue weighted by Gasteiger charge is 2.12. The molecule has 0 aliphatic carbocycles. The molecule has 4 aromatic rings. The van der Waals surface area contributed by atoms with Crippen molar-refractivity contribution in [3.8, 4) is 11.3 Å². The van der Waals surface area contributed by atoms with Crippen molar-refractivity contribution in [2.75, 3.05) is 5.32 Å². The van der Waals surface area contributed by atoms with Crippen LogP contribution < -0.4 is 5.32 Å². The summed E-state index contributed by atoms with van der Waals surface area (Å²) in [4.78, 5) is 19.7. The van der Waals surface area contributed by atoms with Gasteiger partial charge in [0, 0.05) is 33.8 Å². The number of nitrogens with one attached hydrogen (secondary N) is 1. The lowest BCUT2D eigenvalue weighted by atomic mass is 10.0. The minimum absolute atomic E-state index is 0.0290. The average Bonchev–Trinajstić information content (AvgIpc) is 2.74. The molecule has 1 aromatic heterocycles. The maximum atomic E-state index is 10.8. The van der Waals surface area contributed by atoms with Crippen molar-refractivity contribution >= 4 is 39.8 Å². The summed E-state index contributed by atoms with van der Waals surface area (Å²) in [7, 11) is 0. The van der Waals surface area contributed by atoms with E-state index in [4.69, 9.17) is 16.6 Å². The van der Waals surface area contributed by atoms with Crippen LogP contribution in [-0.2, 0) is 6.42 Å². The quantitative estimate of drug-likeness (QED) is 0.318. The molecule has 1 N–H and O–H groups in total. The standard InChI is InChI=1S/C22H17ClN4O2/c1-2-14-3-5-15(6-4-14)21-19-13-16(23)7-12-20(19)25-22(26-21)24-17-8-10-18(11-9-17)27(28)29/h3-13H,2H2,1H3,(H,24,25,26).